The van der Waals surface area contributed by atoms with Gasteiger partial charge in [-0.25, -0.2) is 9.97 Å². The van der Waals surface area contributed by atoms with Gasteiger partial charge in [-0.2, -0.15) is 5.10 Å². The molecule has 0 aliphatic rings. The molecule has 0 spiro atoms. The molecule has 0 saturated heterocycles. The first-order valence-electron chi connectivity index (χ1n) is 8.30. The summed E-state index contributed by atoms with van der Waals surface area (Å²) in [5.74, 6) is 0. The summed E-state index contributed by atoms with van der Waals surface area (Å²) in [7, 11) is 0. The smallest absolute Gasteiger partial charge is 0.272 e. The summed E-state index contributed by atoms with van der Waals surface area (Å²) in [4.78, 5) is 39.6. The number of nitrogens with zero attached hydrogens (tertiary/aromatic N) is 6. The molecule has 0 atom stereocenters. The van der Waals surface area contributed by atoms with E-state index in [4.69, 9.17) is 0 Å². The number of nitrogens with one attached hydrogen (secondary N) is 1. The molecule has 14 heteroatoms. The van der Waals surface area contributed by atoms with Crippen molar-refractivity contribution in [3.63, 3.8) is 0 Å². The molecule has 0 amide bonds. The summed E-state index contributed by atoms with van der Waals surface area (Å²) in [6.07, 6.45) is 4.27. The van der Waals surface area contributed by atoms with E-state index in [1.54, 1.807) is 12.1 Å². The van der Waals surface area contributed by atoms with Gasteiger partial charge in [0.2, 0.25) is 0 Å². The minimum absolute atomic E-state index is 0.0743. The second-order valence-corrected chi connectivity index (χ2v) is 6.71. The van der Waals surface area contributed by atoms with Gasteiger partial charge >= 0.3 is 5.69 Å². The fraction of sp³-hybridized carbons (Fsp3) is 0. The number of hydrogen-bond donors (Lipinski definition) is 1. The zero-order chi connectivity index (χ0) is 22.4. The number of non-ortho nitro benzene ring substituents is 1. The molecule has 31 heavy (non-hydrogen) atoms. The van der Waals surface area contributed by atoms with E-state index in [1.165, 1.54) is 30.7 Å². The zero-order valence-electron chi connectivity index (χ0n) is 15.3. The van der Waals surface area contributed by atoms with Crippen molar-refractivity contribution in [3.8, 4) is 0 Å². The van der Waals surface area contributed by atoms with Crippen LogP contribution in [0.1, 0.15) is 5.56 Å². The first kappa shape index (κ1) is 21.3. The van der Waals surface area contributed by atoms with Gasteiger partial charge in [-0.1, -0.05) is 6.07 Å². The van der Waals surface area contributed by atoms with Gasteiger partial charge in [-0.3, -0.25) is 35.8 Å². The standard InChI is InChI=1S/C17H11N7O6S/c25-22(26)12-3-4-13(14(9-12)23(27)28)21-20-10-11-2-5-16(15(8-11)24(29)30)31-17-18-6-1-7-19-17/h1-10,21H/b20-10-. The van der Waals surface area contributed by atoms with Crippen LogP contribution in [0.2, 0.25) is 0 Å². The number of benzene rings is 2. The van der Waals surface area contributed by atoms with E-state index >= 15 is 0 Å². The summed E-state index contributed by atoms with van der Waals surface area (Å²) in [5, 5.41) is 37.5. The third-order valence-electron chi connectivity index (χ3n) is 3.71. The first-order valence-corrected chi connectivity index (χ1v) is 9.12. The predicted octanol–water partition coefficient (Wildman–Crippen LogP) is 3.80. The number of nitro groups is 3. The number of rotatable bonds is 8. The lowest BCUT2D eigenvalue weighted by Crippen LogP contribution is -1.99. The Hall–Kier alpha value is -4.46. The van der Waals surface area contributed by atoms with E-state index in [-0.39, 0.29) is 11.4 Å². The van der Waals surface area contributed by atoms with E-state index < -0.39 is 26.1 Å². The SMILES string of the molecule is O=[N+]([O-])c1ccc(N/N=C\c2ccc(Sc3ncccn3)c([N+](=O)[O-])c2)c([N+](=O)[O-])c1. The van der Waals surface area contributed by atoms with E-state index in [0.717, 1.165) is 30.0 Å². The Labute approximate surface area is 177 Å². The van der Waals surface area contributed by atoms with Gasteiger partial charge in [-0.15, -0.1) is 0 Å². The molecule has 3 aromatic rings. The van der Waals surface area contributed by atoms with Crippen molar-refractivity contribution in [1.29, 1.82) is 0 Å². The van der Waals surface area contributed by atoms with Crippen molar-refractivity contribution in [3.05, 3.63) is 90.8 Å². The van der Waals surface area contributed by atoms with Crippen molar-refractivity contribution in [1.82, 2.24) is 9.97 Å². The van der Waals surface area contributed by atoms with E-state index in [2.05, 4.69) is 20.5 Å². The molecule has 0 aliphatic carbocycles. The predicted molar refractivity (Wildman–Crippen MR) is 110 cm³/mol. The molecule has 1 aromatic heterocycles. The van der Waals surface area contributed by atoms with Gasteiger partial charge in [0.15, 0.2) is 5.16 Å². The number of hydrogen-bond acceptors (Lipinski definition) is 11. The number of aromatic nitrogens is 2. The van der Waals surface area contributed by atoms with Crippen LogP contribution >= 0.6 is 11.8 Å². The number of nitro benzene ring substituents is 3. The van der Waals surface area contributed by atoms with Crippen LogP contribution in [0.3, 0.4) is 0 Å². The van der Waals surface area contributed by atoms with E-state index in [0.29, 0.717) is 15.6 Å². The topological polar surface area (TPSA) is 180 Å². The normalized spacial score (nSPS) is 10.7. The lowest BCUT2D eigenvalue weighted by molar-refractivity contribution is -0.393. The van der Waals surface area contributed by atoms with Gasteiger partial charge in [0.1, 0.15) is 5.69 Å². The highest BCUT2D eigenvalue weighted by molar-refractivity contribution is 7.99. The minimum Gasteiger partial charge on any atom is -0.272 e. The molecule has 0 aliphatic heterocycles. The Bertz CT molecular complexity index is 1190. The Kier molecular flexibility index (Phi) is 6.42. The van der Waals surface area contributed by atoms with Gasteiger partial charge in [0.25, 0.3) is 11.4 Å². The Morgan fingerprint density at radius 2 is 1.61 bits per heavy atom. The van der Waals surface area contributed by atoms with Gasteiger partial charge < -0.3 is 0 Å². The van der Waals surface area contributed by atoms with Crippen LogP contribution in [0, 0.1) is 30.3 Å². The molecule has 1 heterocycles. The summed E-state index contributed by atoms with van der Waals surface area (Å²) in [5.41, 5.74) is 1.53. The fourth-order valence-electron chi connectivity index (χ4n) is 2.34. The Morgan fingerprint density at radius 3 is 2.26 bits per heavy atom. The third-order valence-corrected chi connectivity index (χ3v) is 4.67. The molecule has 0 saturated carbocycles. The highest BCUT2D eigenvalue weighted by atomic mass is 32.2. The van der Waals surface area contributed by atoms with Crippen molar-refractivity contribution in [2.45, 2.75) is 10.1 Å². The fourth-order valence-corrected chi connectivity index (χ4v) is 3.13. The minimum atomic E-state index is -0.784. The van der Waals surface area contributed by atoms with Crippen molar-refractivity contribution >= 4 is 40.7 Å². The second-order valence-electron chi connectivity index (χ2n) is 5.70. The van der Waals surface area contributed by atoms with Crippen LogP contribution in [0.25, 0.3) is 0 Å². The molecule has 1 N–H and O–H groups in total. The molecule has 0 unspecified atom stereocenters. The van der Waals surface area contributed by atoms with E-state index in [9.17, 15) is 30.3 Å². The lowest BCUT2D eigenvalue weighted by atomic mass is 10.2. The van der Waals surface area contributed by atoms with Crippen molar-refractivity contribution in [2.75, 3.05) is 5.43 Å². The maximum Gasteiger partial charge on any atom is 0.301 e. The van der Waals surface area contributed by atoms with Gasteiger partial charge in [-0.05, 0) is 30.0 Å². The molecular weight excluding hydrogens is 430 g/mol. The van der Waals surface area contributed by atoms with E-state index in [1.807, 2.05) is 0 Å². The van der Waals surface area contributed by atoms with Crippen LogP contribution in [-0.2, 0) is 0 Å². The monoisotopic (exact) mass is 441 g/mol. The summed E-state index contributed by atoms with van der Waals surface area (Å²) >= 11 is 1.03. The van der Waals surface area contributed by atoms with Gasteiger partial charge in [0.05, 0.1) is 31.9 Å². The highest BCUT2D eigenvalue weighted by Crippen LogP contribution is 2.33. The maximum atomic E-state index is 11.4. The molecule has 0 fully saturated rings. The molecule has 13 nitrogen and oxygen atoms in total. The lowest BCUT2D eigenvalue weighted by Gasteiger charge is -2.04. The first-order chi connectivity index (χ1) is 14.8. The third kappa shape index (κ3) is 5.33. The number of anilines is 1. The van der Waals surface area contributed by atoms with Crippen LogP contribution in [0.15, 0.2) is 70.0 Å². The average Bonchev–Trinajstić information content (AvgIpc) is 2.75. The quantitative estimate of drug-likeness (QED) is 0.234. The molecule has 156 valence electrons. The second kappa shape index (κ2) is 9.36. The number of hydrazone groups is 1. The van der Waals surface area contributed by atoms with Crippen molar-refractivity contribution in [2.24, 2.45) is 5.10 Å². The van der Waals surface area contributed by atoms with Gasteiger partial charge in [0, 0.05) is 30.1 Å². The summed E-state index contributed by atoms with van der Waals surface area (Å²) in [6.45, 7) is 0. The summed E-state index contributed by atoms with van der Waals surface area (Å²) < 4.78 is 0. The van der Waals surface area contributed by atoms with Crippen LogP contribution in [0.5, 0.6) is 0 Å². The molecule has 0 bridgehead atoms. The zero-order valence-corrected chi connectivity index (χ0v) is 16.1. The maximum absolute atomic E-state index is 11.4. The Balaban J connectivity index is 1.81. The molecule has 2 aromatic carbocycles. The molecular formula is C17H11N7O6S. The highest BCUT2D eigenvalue weighted by Gasteiger charge is 2.19. The Morgan fingerprint density at radius 1 is 0.903 bits per heavy atom. The van der Waals surface area contributed by atoms with Crippen LogP contribution in [0.4, 0.5) is 22.7 Å². The largest absolute Gasteiger partial charge is 0.301 e. The van der Waals surface area contributed by atoms with Crippen LogP contribution < -0.4 is 5.43 Å². The van der Waals surface area contributed by atoms with Crippen LogP contribution in [-0.4, -0.2) is 31.0 Å². The average molecular weight is 441 g/mol. The molecule has 0 radical (unpaired) electrons. The summed E-state index contributed by atoms with van der Waals surface area (Å²) in [6, 6.07) is 9.02. The van der Waals surface area contributed by atoms with Crippen molar-refractivity contribution < 1.29 is 14.8 Å². The molecule has 3 rings (SSSR count).